The van der Waals surface area contributed by atoms with Gasteiger partial charge >= 0.3 is 0 Å². The summed E-state index contributed by atoms with van der Waals surface area (Å²) in [6.07, 6.45) is 10.6. The SMILES string of the molecule is CO.CO.Cc1cccnc1-c1[c-]cccc1.Cc1cccnc1-c1[c-]cccc1.[Ir].[Ir].[c-]1ccc(-c2ccccc2)cc1-c1nccc2occc12.c1ccc(-c2cccc(-c3nccc4occc34)c2)cc1. The van der Waals surface area contributed by atoms with Crippen LogP contribution < -0.4 is 0 Å². The quantitative estimate of drug-likeness (QED) is 0.158. The Balaban J connectivity index is 0.000000181. The van der Waals surface area contributed by atoms with Crippen molar-refractivity contribution < 1.29 is 59.3 Å². The molecule has 0 spiro atoms. The molecule has 74 heavy (non-hydrogen) atoms. The molecule has 374 valence electrons. The van der Waals surface area contributed by atoms with Gasteiger partial charge in [0.2, 0.25) is 0 Å². The fourth-order valence-electron chi connectivity index (χ4n) is 7.74. The maximum absolute atomic E-state index is 7.00. The Hall–Kier alpha value is -7.78. The molecule has 12 aromatic rings. The second-order valence-corrected chi connectivity index (χ2v) is 15.7. The van der Waals surface area contributed by atoms with Crippen LogP contribution in [0.25, 0.3) is 89.2 Å². The van der Waals surface area contributed by atoms with E-state index in [0.29, 0.717) is 0 Å². The van der Waals surface area contributed by atoms with Crippen LogP contribution in [0.4, 0.5) is 0 Å². The summed E-state index contributed by atoms with van der Waals surface area (Å²) in [5.74, 6) is 0. The van der Waals surface area contributed by atoms with E-state index in [9.17, 15) is 0 Å². The van der Waals surface area contributed by atoms with Crippen molar-refractivity contribution >= 4 is 21.9 Å². The van der Waals surface area contributed by atoms with E-state index in [0.717, 1.165) is 86.8 Å². The first-order valence-electron chi connectivity index (χ1n) is 23.1. The largest absolute Gasteiger partial charge is 0.465 e. The third-order valence-corrected chi connectivity index (χ3v) is 11.1. The molecule has 0 saturated heterocycles. The minimum atomic E-state index is 0. The van der Waals surface area contributed by atoms with Crippen molar-refractivity contribution in [2.24, 2.45) is 0 Å². The molecule has 0 aliphatic carbocycles. The van der Waals surface area contributed by atoms with Crippen LogP contribution in [-0.4, -0.2) is 44.4 Å². The van der Waals surface area contributed by atoms with Gasteiger partial charge in [-0.2, -0.15) is 0 Å². The number of pyridine rings is 4. The van der Waals surface area contributed by atoms with E-state index in [-0.39, 0.29) is 40.2 Å². The third-order valence-electron chi connectivity index (χ3n) is 11.1. The zero-order valence-corrected chi connectivity index (χ0v) is 46.0. The van der Waals surface area contributed by atoms with Crippen molar-refractivity contribution in [2.75, 3.05) is 14.2 Å². The molecule has 8 nitrogen and oxygen atoms in total. The number of furan rings is 2. The monoisotopic (exact) mass is 1330 g/mol. The van der Waals surface area contributed by atoms with Crippen molar-refractivity contribution in [1.29, 1.82) is 0 Å². The number of hydrogen-bond acceptors (Lipinski definition) is 8. The fourth-order valence-corrected chi connectivity index (χ4v) is 7.74. The van der Waals surface area contributed by atoms with E-state index in [2.05, 4.69) is 137 Å². The number of aliphatic hydroxyl groups is 2. The molecule has 6 aromatic carbocycles. The van der Waals surface area contributed by atoms with E-state index in [1.165, 1.54) is 27.8 Å². The van der Waals surface area contributed by atoms with Crippen LogP contribution in [-0.2, 0) is 40.2 Å². The normalized spacial score (nSPS) is 9.81. The molecular weight excluding hydrogens is 1270 g/mol. The van der Waals surface area contributed by atoms with Gasteiger partial charge in [-0.25, -0.2) is 0 Å². The minimum Gasteiger partial charge on any atom is -0.465 e. The number of fused-ring (bicyclic) bond motifs is 2. The van der Waals surface area contributed by atoms with Gasteiger partial charge in [0, 0.05) is 95.6 Å². The molecule has 2 radical (unpaired) electrons. The van der Waals surface area contributed by atoms with Gasteiger partial charge in [0.25, 0.3) is 0 Å². The van der Waals surface area contributed by atoms with Gasteiger partial charge in [0.15, 0.2) is 0 Å². The molecule has 6 heterocycles. The van der Waals surface area contributed by atoms with Crippen molar-refractivity contribution in [2.45, 2.75) is 13.8 Å². The maximum atomic E-state index is 7.00. The van der Waals surface area contributed by atoms with Gasteiger partial charge < -0.3 is 34.0 Å². The number of aryl methyl sites for hydroxylation is 2. The summed E-state index contributed by atoms with van der Waals surface area (Å²) in [6.45, 7) is 4.12. The van der Waals surface area contributed by atoms with Crippen molar-refractivity contribution in [1.82, 2.24) is 19.9 Å². The molecule has 0 fully saturated rings. The van der Waals surface area contributed by atoms with Gasteiger partial charge in [-0.1, -0.05) is 102 Å². The minimum absolute atomic E-state index is 0. The average molecular weight is 1330 g/mol. The summed E-state index contributed by atoms with van der Waals surface area (Å²) in [5, 5.41) is 16.1. The van der Waals surface area contributed by atoms with Gasteiger partial charge in [-0.15, -0.1) is 107 Å². The second kappa shape index (κ2) is 30.3. The molecule has 6 aromatic heterocycles. The van der Waals surface area contributed by atoms with Crippen LogP contribution in [0.1, 0.15) is 11.1 Å². The molecule has 12 rings (SSSR count). The van der Waals surface area contributed by atoms with Crippen LogP contribution in [0.5, 0.6) is 0 Å². The van der Waals surface area contributed by atoms with Gasteiger partial charge in [-0.05, 0) is 90.1 Å². The smallest absolute Gasteiger partial charge is 0.137 e. The van der Waals surface area contributed by atoms with Crippen LogP contribution in [0.3, 0.4) is 0 Å². The van der Waals surface area contributed by atoms with Gasteiger partial charge in [-0.3, -0.25) is 4.98 Å². The predicted octanol–water partition coefficient (Wildman–Crippen LogP) is 15.1. The summed E-state index contributed by atoms with van der Waals surface area (Å²) < 4.78 is 10.9. The number of aliphatic hydroxyl groups excluding tert-OH is 2. The third kappa shape index (κ3) is 15.1. The summed E-state index contributed by atoms with van der Waals surface area (Å²) >= 11 is 0. The molecule has 0 amide bonds. The molecule has 0 saturated carbocycles. The van der Waals surface area contributed by atoms with E-state index in [1.54, 1.807) is 24.9 Å². The van der Waals surface area contributed by atoms with Crippen LogP contribution in [0.2, 0.25) is 0 Å². The van der Waals surface area contributed by atoms with Gasteiger partial charge in [0.05, 0.1) is 18.2 Å². The van der Waals surface area contributed by atoms with Crippen molar-refractivity contribution in [3.05, 3.63) is 267 Å². The molecule has 2 N–H and O–H groups in total. The second-order valence-electron chi connectivity index (χ2n) is 15.7. The summed E-state index contributed by atoms with van der Waals surface area (Å²) in [7, 11) is 2.00. The first kappa shape index (κ1) is 57.1. The topological polar surface area (TPSA) is 118 Å². The van der Waals surface area contributed by atoms with Crippen LogP contribution in [0.15, 0.2) is 246 Å². The molecule has 0 atom stereocenters. The molecular formula is C64H53Ir2N4O4-3. The summed E-state index contributed by atoms with van der Waals surface area (Å²) in [6, 6.07) is 76.3. The summed E-state index contributed by atoms with van der Waals surface area (Å²) in [5.41, 5.74) is 16.9. The molecule has 0 aliphatic rings. The molecule has 10 heteroatoms. The molecule has 0 unspecified atom stereocenters. The van der Waals surface area contributed by atoms with E-state index in [4.69, 9.17) is 19.0 Å². The standard InChI is InChI=1S/C19H13NO.C19H12NO.2C12H10N.2CH4O.2Ir/c2*1-2-5-14(6-3-1)15-7-4-8-16(13-15)19-17-10-12-21-18(17)9-11-20-19;2*1-10-6-5-9-13-12(10)11-7-3-2-4-8-11;2*1-2;;/h1-13H;1-7,9-13H;2*2-7,9H,1H3;2*2H,1H3;;/q;3*-1;;;;. The van der Waals surface area contributed by atoms with E-state index < -0.39 is 0 Å². The number of nitrogens with zero attached hydrogens (tertiary/aromatic N) is 4. The maximum Gasteiger partial charge on any atom is 0.137 e. The number of aromatic nitrogens is 4. The van der Waals surface area contributed by atoms with Gasteiger partial charge in [0.1, 0.15) is 11.2 Å². The summed E-state index contributed by atoms with van der Waals surface area (Å²) in [4.78, 5) is 17.7. The predicted molar refractivity (Wildman–Crippen MR) is 291 cm³/mol. The Bertz CT molecular complexity index is 3270. The Morgan fingerprint density at radius 1 is 0.338 bits per heavy atom. The molecule has 0 bridgehead atoms. The first-order chi connectivity index (χ1) is 35.6. The Morgan fingerprint density at radius 3 is 1.27 bits per heavy atom. The zero-order valence-electron chi connectivity index (χ0n) is 41.2. The fraction of sp³-hybridized carbons (Fsp3) is 0.0625. The Kier molecular flexibility index (Phi) is 23.4. The first-order valence-corrected chi connectivity index (χ1v) is 23.1. The Morgan fingerprint density at radius 2 is 0.770 bits per heavy atom. The van der Waals surface area contributed by atoms with Crippen LogP contribution in [0, 0.1) is 32.0 Å². The van der Waals surface area contributed by atoms with E-state index >= 15 is 0 Å². The number of rotatable bonds is 6. The Labute approximate surface area is 460 Å². The average Bonchev–Trinajstić information content (AvgIpc) is 4.17. The van der Waals surface area contributed by atoms with Crippen LogP contribution >= 0.6 is 0 Å². The number of benzene rings is 6. The number of hydrogen-bond donors (Lipinski definition) is 2. The zero-order chi connectivity index (χ0) is 50.3. The van der Waals surface area contributed by atoms with Crippen molar-refractivity contribution in [3.63, 3.8) is 0 Å². The van der Waals surface area contributed by atoms with E-state index in [1.807, 2.05) is 128 Å². The van der Waals surface area contributed by atoms with Crippen molar-refractivity contribution in [3.8, 4) is 67.3 Å². The molecule has 0 aliphatic heterocycles.